The molecule has 0 bridgehead atoms. The fraction of sp³-hybridized carbons (Fsp3) is 0.357. The van der Waals surface area contributed by atoms with E-state index in [2.05, 4.69) is 45.5 Å². The molecule has 0 fully saturated rings. The van der Waals surface area contributed by atoms with E-state index in [1.54, 1.807) is 0 Å². The smallest absolute Gasteiger partial charge is 0.248 e. The van der Waals surface area contributed by atoms with Gasteiger partial charge in [-0.2, -0.15) is 0 Å². The van der Waals surface area contributed by atoms with E-state index in [0.717, 1.165) is 21.5 Å². The second-order valence-corrected chi connectivity index (χ2v) is 6.16. The number of benzene rings is 1. The lowest BCUT2D eigenvalue weighted by Crippen LogP contribution is -2.37. The Bertz CT molecular complexity index is 489. The molecule has 0 aliphatic rings. The predicted octanol–water partition coefficient (Wildman–Crippen LogP) is 3.70. The summed E-state index contributed by atoms with van der Waals surface area (Å²) in [6, 6.07) is 4.17. The minimum absolute atomic E-state index is 0.0560. The van der Waals surface area contributed by atoms with Gasteiger partial charge in [0.25, 0.3) is 0 Å². The van der Waals surface area contributed by atoms with E-state index in [0.29, 0.717) is 5.75 Å². The van der Waals surface area contributed by atoms with Crippen LogP contribution in [0.5, 0.6) is 0 Å². The molecule has 0 heterocycles. The maximum absolute atomic E-state index is 11.7. The Morgan fingerprint density at radius 1 is 1.32 bits per heavy atom. The van der Waals surface area contributed by atoms with Crippen LogP contribution in [0.15, 0.2) is 33.8 Å². The topological polar surface area (TPSA) is 41.1 Å². The summed E-state index contributed by atoms with van der Waals surface area (Å²) < 4.78 is 1.10. The average Bonchev–Trinajstić information content (AvgIpc) is 2.38. The highest BCUT2D eigenvalue weighted by molar-refractivity contribution is 9.10. The summed E-state index contributed by atoms with van der Waals surface area (Å²) >= 11 is 5.04. The zero-order valence-corrected chi connectivity index (χ0v) is 13.9. The van der Waals surface area contributed by atoms with Crippen LogP contribution in [0.2, 0.25) is 0 Å². The molecule has 0 spiro atoms. The summed E-state index contributed by atoms with van der Waals surface area (Å²) in [5, 5.41) is 0. The van der Waals surface area contributed by atoms with E-state index < -0.39 is 0 Å². The minimum atomic E-state index is -0.0560. The summed E-state index contributed by atoms with van der Waals surface area (Å²) in [5.74, 6) is 0.325. The Hall–Kier alpha value is -0.940. The monoisotopic (exact) mass is 342 g/mol. The molecule has 0 atom stereocenters. The van der Waals surface area contributed by atoms with Gasteiger partial charge < -0.3 is 5.43 Å². The van der Waals surface area contributed by atoms with Gasteiger partial charge in [0.05, 0.1) is 5.75 Å². The van der Waals surface area contributed by atoms with Crippen LogP contribution >= 0.6 is 27.7 Å². The van der Waals surface area contributed by atoms with Gasteiger partial charge in [-0.15, -0.1) is 11.8 Å². The molecule has 0 aromatic heterocycles. The van der Waals surface area contributed by atoms with Gasteiger partial charge >= 0.3 is 0 Å². The number of hydrazine groups is 1. The molecule has 0 saturated carbocycles. The molecule has 2 N–H and O–H groups in total. The van der Waals surface area contributed by atoms with Gasteiger partial charge in [0.1, 0.15) is 0 Å². The Morgan fingerprint density at radius 2 is 2.00 bits per heavy atom. The molecule has 1 aromatic rings. The van der Waals surface area contributed by atoms with Crippen molar-refractivity contribution in [2.45, 2.75) is 32.1 Å². The van der Waals surface area contributed by atoms with Gasteiger partial charge in [0, 0.05) is 15.1 Å². The van der Waals surface area contributed by atoms with Crippen LogP contribution in [0.3, 0.4) is 0 Å². The Kier molecular flexibility index (Phi) is 6.45. The molecule has 0 saturated heterocycles. The molecule has 0 unspecified atom stereocenters. The third-order valence-electron chi connectivity index (χ3n) is 2.62. The van der Waals surface area contributed by atoms with Gasteiger partial charge in [0.2, 0.25) is 5.91 Å². The minimum Gasteiger partial charge on any atom is -0.303 e. The van der Waals surface area contributed by atoms with Gasteiger partial charge in [-0.1, -0.05) is 29.4 Å². The van der Waals surface area contributed by atoms with Crippen molar-refractivity contribution in [3.05, 3.63) is 40.0 Å². The lowest BCUT2D eigenvalue weighted by Gasteiger charge is -2.11. The van der Waals surface area contributed by atoms with Gasteiger partial charge in [-0.25, -0.2) is 0 Å². The number of aryl methyl sites for hydroxylation is 2. The van der Waals surface area contributed by atoms with Crippen molar-refractivity contribution in [3.8, 4) is 0 Å². The summed E-state index contributed by atoms with van der Waals surface area (Å²) in [5.41, 5.74) is 8.56. The standard InChI is InChI=1S/C14H19BrN2OS/c1-5-11(4)16-17-14(18)8-19-13-7-9(2)12(15)6-10(13)3/h6-7,16H,4-5,8H2,1-3H3,(H,17,18). The van der Waals surface area contributed by atoms with E-state index in [-0.39, 0.29) is 5.91 Å². The Balaban J connectivity index is 2.51. The number of halogens is 1. The average molecular weight is 343 g/mol. The van der Waals surface area contributed by atoms with E-state index in [1.165, 1.54) is 22.9 Å². The van der Waals surface area contributed by atoms with Crippen LogP contribution in [0.1, 0.15) is 24.5 Å². The number of rotatable bonds is 6. The zero-order valence-electron chi connectivity index (χ0n) is 11.5. The molecular formula is C14H19BrN2OS. The van der Waals surface area contributed by atoms with Crippen LogP contribution in [0.25, 0.3) is 0 Å². The fourth-order valence-electron chi connectivity index (χ4n) is 1.34. The molecule has 1 rings (SSSR count). The van der Waals surface area contributed by atoms with E-state index >= 15 is 0 Å². The normalized spacial score (nSPS) is 10.1. The molecule has 104 valence electrons. The van der Waals surface area contributed by atoms with Crippen molar-refractivity contribution in [1.29, 1.82) is 0 Å². The first-order valence-electron chi connectivity index (χ1n) is 6.06. The summed E-state index contributed by atoms with van der Waals surface area (Å²) in [7, 11) is 0. The molecule has 19 heavy (non-hydrogen) atoms. The number of hydrogen-bond acceptors (Lipinski definition) is 3. The lowest BCUT2D eigenvalue weighted by atomic mass is 10.2. The Morgan fingerprint density at radius 3 is 2.63 bits per heavy atom. The number of carbonyl (C=O) groups excluding carboxylic acids is 1. The molecule has 1 aromatic carbocycles. The van der Waals surface area contributed by atoms with E-state index in [4.69, 9.17) is 0 Å². The molecule has 5 heteroatoms. The van der Waals surface area contributed by atoms with Gasteiger partial charge in [-0.05, 0) is 43.5 Å². The zero-order chi connectivity index (χ0) is 14.4. The van der Waals surface area contributed by atoms with Gasteiger partial charge in [0.15, 0.2) is 0 Å². The number of allylic oxidation sites excluding steroid dienone is 1. The highest BCUT2D eigenvalue weighted by Crippen LogP contribution is 2.28. The van der Waals surface area contributed by atoms with Crippen molar-refractivity contribution < 1.29 is 4.79 Å². The quantitative estimate of drug-likeness (QED) is 0.611. The van der Waals surface area contributed by atoms with Crippen LogP contribution in [0.4, 0.5) is 0 Å². The van der Waals surface area contributed by atoms with Crippen molar-refractivity contribution >= 4 is 33.6 Å². The summed E-state index contributed by atoms with van der Waals surface area (Å²) in [6.07, 6.45) is 0.790. The maximum atomic E-state index is 11.7. The number of thioether (sulfide) groups is 1. The molecule has 3 nitrogen and oxygen atoms in total. The summed E-state index contributed by atoms with van der Waals surface area (Å²) in [6.45, 7) is 9.82. The molecule has 0 aliphatic carbocycles. The molecule has 1 amide bonds. The van der Waals surface area contributed by atoms with Crippen molar-refractivity contribution in [2.75, 3.05) is 5.75 Å². The van der Waals surface area contributed by atoms with Crippen LogP contribution in [-0.2, 0) is 4.79 Å². The van der Waals surface area contributed by atoms with Crippen LogP contribution in [-0.4, -0.2) is 11.7 Å². The number of carbonyl (C=O) groups is 1. The maximum Gasteiger partial charge on any atom is 0.248 e. The largest absolute Gasteiger partial charge is 0.303 e. The second kappa shape index (κ2) is 7.60. The summed E-state index contributed by atoms with van der Waals surface area (Å²) in [4.78, 5) is 12.8. The molecule has 0 aliphatic heterocycles. The van der Waals surface area contributed by atoms with E-state index in [9.17, 15) is 4.79 Å². The van der Waals surface area contributed by atoms with Crippen LogP contribution < -0.4 is 10.9 Å². The first kappa shape index (κ1) is 16.1. The van der Waals surface area contributed by atoms with Crippen molar-refractivity contribution in [1.82, 2.24) is 10.9 Å². The Labute approximate surface area is 127 Å². The van der Waals surface area contributed by atoms with Gasteiger partial charge in [-0.3, -0.25) is 10.2 Å². The molecular weight excluding hydrogens is 324 g/mol. The first-order chi connectivity index (χ1) is 8.93. The van der Waals surface area contributed by atoms with E-state index in [1.807, 2.05) is 20.8 Å². The highest BCUT2D eigenvalue weighted by atomic mass is 79.9. The third-order valence-corrected chi connectivity index (χ3v) is 4.63. The number of nitrogens with one attached hydrogen (secondary N) is 2. The number of amides is 1. The lowest BCUT2D eigenvalue weighted by molar-refractivity contribution is -0.119. The second-order valence-electron chi connectivity index (χ2n) is 4.29. The number of hydrogen-bond donors (Lipinski definition) is 2. The highest BCUT2D eigenvalue weighted by Gasteiger charge is 2.07. The third kappa shape index (κ3) is 5.28. The molecule has 0 radical (unpaired) electrons. The van der Waals surface area contributed by atoms with Crippen molar-refractivity contribution in [2.24, 2.45) is 0 Å². The van der Waals surface area contributed by atoms with Crippen molar-refractivity contribution in [3.63, 3.8) is 0 Å². The van der Waals surface area contributed by atoms with Crippen LogP contribution in [0, 0.1) is 13.8 Å². The SMILES string of the molecule is C=C(CC)NNC(=O)CSc1cc(C)c(Br)cc1C. The predicted molar refractivity (Wildman–Crippen MR) is 85.0 cm³/mol. The fourth-order valence-corrected chi connectivity index (χ4v) is 2.70. The first-order valence-corrected chi connectivity index (χ1v) is 7.84.